The van der Waals surface area contributed by atoms with Gasteiger partial charge in [0.05, 0.1) is 10.6 Å². The molecular formula is C27H30ClN3O2. The van der Waals surface area contributed by atoms with Gasteiger partial charge in [-0.1, -0.05) is 35.9 Å². The van der Waals surface area contributed by atoms with Crippen LogP contribution in [0.2, 0.25) is 5.02 Å². The Morgan fingerprint density at radius 2 is 1.24 bits per heavy atom. The van der Waals surface area contributed by atoms with Gasteiger partial charge in [-0.25, -0.2) is 9.78 Å². The highest BCUT2D eigenvalue weighted by molar-refractivity contribution is 6.32. The topological polar surface area (TPSA) is 45.7 Å². The van der Waals surface area contributed by atoms with Crippen LogP contribution in [0, 0.1) is 0 Å². The molecule has 0 fully saturated rings. The summed E-state index contributed by atoms with van der Waals surface area (Å²) in [5.41, 5.74) is 3.65. The average molecular weight is 464 g/mol. The number of hydrogen-bond acceptors (Lipinski definition) is 5. The number of cyclic esters (lactones) is 1. The number of halogens is 1. The zero-order chi connectivity index (χ0) is 23.6. The van der Waals surface area contributed by atoms with Crippen molar-refractivity contribution in [3.05, 3.63) is 88.2 Å². The SMILES string of the molecule is CCN(CC)c1ccc(C2(c3ccc(N(CC)CC)cc3)OC(=O)c3nccc(Cl)c32)cc1. The summed E-state index contributed by atoms with van der Waals surface area (Å²) in [5.74, 6) is -0.465. The minimum absolute atomic E-state index is 0.267. The number of hydrogen-bond donors (Lipinski definition) is 0. The highest BCUT2D eigenvalue weighted by Crippen LogP contribution is 2.49. The summed E-state index contributed by atoms with van der Waals surface area (Å²) < 4.78 is 6.17. The van der Waals surface area contributed by atoms with Crippen LogP contribution in [0.4, 0.5) is 11.4 Å². The summed E-state index contributed by atoms with van der Waals surface area (Å²) in [4.78, 5) is 21.8. The molecule has 1 aliphatic heterocycles. The summed E-state index contributed by atoms with van der Waals surface area (Å²) in [5, 5.41) is 0.464. The molecule has 4 rings (SSSR count). The maximum absolute atomic E-state index is 13.0. The van der Waals surface area contributed by atoms with E-state index in [2.05, 4.69) is 66.7 Å². The van der Waals surface area contributed by atoms with E-state index in [1.165, 1.54) is 0 Å². The Bertz CT molecular complexity index is 1070. The minimum Gasteiger partial charge on any atom is -0.439 e. The van der Waals surface area contributed by atoms with Crippen molar-refractivity contribution < 1.29 is 9.53 Å². The number of ether oxygens (including phenoxy) is 1. The number of fused-ring (bicyclic) bond motifs is 1. The predicted molar refractivity (Wildman–Crippen MR) is 135 cm³/mol. The van der Waals surface area contributed by atoms with Gasteiger partial charge in [0.1, 0.15) is 0 Å². The maximum Gasteiger partial charge on any atom is 0.359 e. The number of esters is 1. The fourth-order valence-corrected chi connectivity index (χ4v) is 5.01. The van der Waals surface area contributed by atoms with Crippen LogP contribution in [0.25, 0.3) is 0 Å². The van der Waals surface area contributed by atoms with Gasteiger partial charge in [0.15, 0.2) is 11.3 Å². The average Bonchev–Trinajstić information content (AvgIpc) is 3.16. The van der Waals surface area contributed by atoms with E-state index in [4.69, 9.17) is 16.3 Å². The van der Waals surface area contributed by atoms with Crippen molar-refractivity contribution in [1.29, 1.82) is 0 Å². The first kappa shape index (κ1) is 23.1. The van der Waals surface area contributed by atoms with E-state index in [0.717, 1.165) is 48.7 Å². The number of benzene rings is 2. The van der Waals surface area contributed by atoms with Crippen LogP contribution >= 0.6 is 11.6 Å². The van der Waals surface area contributed by atoms with Gasteiger partial charge in [-0.05, 0) is 58.0 Å². The summed E-state index contributed by atoms with van der Waals surface area (Å²) in [6.45, 7) is 12.2. The van der Waals surface area contributed by atoms with Gasteiger partial charge >= 0.3 is 5.97 Å². The molecule has 0 atom stereocenters. The maximum atomic E-state index is 13.0. The zero-order valence-electron chi connectivity index (χ0n) is 19.6. The van der Waals surface area contributed by atoms with Gasteiger partial charge in [-0.15, -0.1) is 0 Å². The highest BCUT2D eigenvalue weighted by atomic mass is 35.5. The molecule has 0 radical (unpaired) electrons. The molecule has 0 amide bonds. The Hall–Kier alpha value is -3.05. The van der Waals surface area contributed by atoms with E-state index in [-0.39, 0.29) is 5.69 Å². The third-order valence-corrected chi connectivity index (χ3v) is 6.81. The Morgan fingerprint density at radius 3 is 1.67 bits per heavy atom. The number of rotatable bonds is 8. The van der Waals surface area contributed by atoms with Crippen molar-refractivity contribution >= 4 is 28.9 Å². The third-order valence-electron chi connectivity index (χ3n) is 6.50. The largest absolute Gasteiger partial charge is 0.439 e. The Kier molecular flexibility index (Phi) is 6.61. The van der Waals surface area contributed by atoms with Crippen molar-refractivity contribution in [2.75, 3.05) is 36.0 Å². The molecule has 5 nitrogen and oxygen atoms in total. The molecule has 0 bridgehead atoms. The lowest BCUT2D eigenvalue weighted by atomic mass is 9.80. The second kappa shape index (κ2) is 9.44. The van der Waals surface area contributed by atoms with Crippen molar-refractivity contribution in [3.63, 3.8) is 0 Å². The van der Waals surface area contributed by atoms with Gasteiger partial charge < -0.3 is 14.5 Å². The van der Waals surface area contributed by atoms with Gasteiger partial charge in [-0.3, -0.25) is 0 Å². The predicted octanol–water partition coefficient (Wildman–Crippen LogP) is 5.89. The minimum atomic E-state index is -1.15. The van der Waals surface area contributed by atoms with Gasteiger partial charge in [0, 0.05) is 54.9 Å². The lowest BCUT2D eigenvalue weighted by Crippen LogP contribution is -2.30. The fourth-order valence-electron chi connectivity index (χ4n) is 4.73. The van der Waals surface area contributed by atoms with Gasteiger partial charge in [0.25, 0.3) is 0 Å². The fraction of sp³-hybridized carbons (Fsp3) is 0.333. The van der Waals surface area contributed by atoms with E-state index in [9.17, 15) is 4.79 Å². The molecule has 3 aromatic rings. The standard InChI is InChI=1S/C27H30ClN3O2/c1-5-30(6-2)21-13-9-19(10-14-21)27(20-11-15-22(16-12-20)31(7-3)8-4)24-23(28)17-18-29-25(24)26(32)33-27/h9-18H,5-8H2,1-4H3. The van der Waals surface area contributed by atoms with E-state index in [0.29, 0.717) is 10.6 Å². The molecular weight excluding hydrogens is 434 g/mol. The molecule has 1 aromatic heterocycles. The van der Waals surface area contributed by atoms with Crippen molar-refractivity contribution in [1.82, 2.24) is 4.98 Å². The van der Waals surface area contributed by atoms with E-state index in [1.807, 2.05) is 24.3 Å². The Morgan fingerprint density at radius 1 is 0.788 bits per heavy atom. The molecule has 2 aromatic carbocycles. The van der Waals surface area contributed by atoms with Crippen LogP contribution in [0.1, 0.15) is 54.9 Å². The molecule has 172 valence electrons. The van der Waals surface area contributed by atoms with Crippen LogP contribution in [0.5, 0.6) is 0 Å². The summed E-state index contributed by atoms with van der Waals surface area (Å²) in [7, 11) is 0. The van der Waals surface area contributed by atoms with Crippen molar-refractivity contribution in [3.8, 4) is 0 Å². The molecule has 0 aliphatic carbocycles. The summed E-state index contributed by atoms with van der Waals surface area (Å²) in [6, 6.07) is 18.1. The second-order valence-electron chi connectivity index (χ2n) is 8.03. The lowest BCUT2D eigenvalue weighted by Gasteiger charge is -2.32. The number of anilines is 2. The quantitative estimate of drug-likeness (QED) is 0.390. The van der Waals surface area contributed by atoms with Crippen LogP contribution in [0.3, 0.4) is 0 Å². The first-order chi connectivity index (χ1) is 16.0. The molecule has 0 saturated carbocycles. The second-order valence-corrected chi connectivity index (χ2v) is 8.43. The number of carbonyl (C=O) groups excluding carboxylic acids is 1. The normalized spacial score (nSPS) is 14.0. The number of carbonyl (C=O) groups is 1. The summed E-state index contributed by atoms with van der Waals surface area (Å²) in [6.07, 6.45) is 1.55. The molecule has 1 aliphatic rings. The van der Waals surface area contributed by atoms with Crippen LogP contribution in [-0.4, -0.2) is 37.1 Å². The molecule has 0 unspecified atom stereocenters. The molecule has 6 heteroatoms. The van der Waals surface area contributed by atoms with Crippen LogP contribution in [-0.2, 0) is 10.3 Å². The molecule has 0 N–H and O–H groups in total. The highest BCUT2D eigenvalue weighted by Gasteiger charge is 2.51. The smallest absolute Gasteiger partial charge is 0.359 e. The lowest BCUT2D eigenvalue weighted by molar-refractivity contribution is 0.0249. The Balaban J connectivity index is 1.90. The first-order valence-electron chi connectivity index (χ1n) is 11.6. The number of pyridine rings is 1. The number of aromatic nitrogens is 1. The molecule has 2 heterocycles. The molecule has 0 spiro atoms. The van der Waals surface area contributed by atoms with Crippen LogP contribution < -0.4 is 9.80 Å². The van der Waals surface area contributed by atoms with Crippen molar-refractivity contribution in [2.45, 2.75) is 33.3 Å². The first-order valence-corrected chi connectivity index (χ1v) is 12.0. The van der Waals surface area contributed by atoms with Crippen LogP contribution in [0.15, 0.2) is 60.8 Å². The van der Waals surface area contributed by atoms with E-state index in [1.54, 1.807) is 12.3 Å². The zero-order valence-corrected chi connectivity index (χ0v) is 20.4. The van der Waals surface area contributed by atoms with Crippen molar-refractivity contribution in [2.24, 2.45) is 0 Å². The monoisotopic (exact) mass is 463 g/mol. The van der Waals surface area contributed by atoms with Gasteiger partial charge in [0.2, 0.25) is 0 Å². The molecule has 33 heavy (non-hydrogen) atoms. The van der Waals surface area contributed by atoms with E-state index >= 15 is 0 Å². The third kappa shape index (κ3) is 3.84. The van der Waals surface area contributed by atoms with Gasteiger partial charge in [-0.2, -0.15) is 0 Å². The summed E-state index contributed by atoms with van der Waals surface area (Å²) >= 11 is 6.68. The molecule has 0 saturated heterocycles. The Labute approximate surface area is 201 Å². The van der Waals surface area contributed by atoms with E-state index < -0.39 is 11.6 Å². The number of nitrogens with zero attached hydrogens (tertiary/aromatic N) is 3.